The summed E-state index contributed by atoms with van der Waals surface area (Å²) >= 11 is 3.48. The molecule has 0 aromatic rings. The van der Waals surface area contributed by atoms with E-state index in [2.05, 4.69) is 33.9 Å². The Balaban J connectivity index is 2.75. The first-order chi connectivity index (χ1) is 4.27. The highest BCUT2D eigenvalue weighted by molar-refractivity contribution is 9.09. The van der Waals surface area contributed by atoms with Gasteiger partial charge in [-0.15, -0.1) is 0 Å². The van der Waals surface area contributed by atoms with Crippen LogP contribution in [-0.2, 0) is 0 Å². The van der Waals surface area contributed by atoms with Gasteiger partial charge in [0.25, 0.3) is 0 Å². The van der Waals surface area contributed by atoms with Crippen LogP contribution in [0.15, 0.2) is 0 Å². The second-order valence-electron chi connectivity index (χ2n) is 2.30. The molecule has 9 heavy (non-hydrogen) atoms. The van der Waals surface area contributed by atoms with E-state index in [9.17, 15) is 0 Å². The van der Waals surface area contributed by atoms with Crippen LogP contribution in [0.2, 0.25) is 0 Å². The molecule has 0 saturated carbocycles. The molecule has 1 atom stereocenters. The number of rotatable bonds is 5. The normalized spacial score (nSPS) is 13.7. The van der Waals surface area contributed by atoms with Crippen LogP contribution in [0.1, 0.15) is 13.3 Å². The van der Waals surface area contributed by atoms with E-state index >= 15 is 0 Å². The van der Waals surface area contributed by atoms with Crippen molar-refractivity contribution in [3.8, 4) is 0 Å². The van der Waals surface area contributed by atoms with Crippen LogP contribution in [0.5, 0.6) is 0 Å². The van der Waals surface area contributed by atoms with Gasteiger partial charge in [0.15, 0.2) is 0 Å². The molecule has 0 radical (unpaired) electrons. The molecule has 0 spiro atoms. The smallest absolute Gasteiger partial charge is 0.0879 e. The predicted molar refractivity (Wildman–Crippen MR) is 42.4 cm³/mol. The molecule has 0 aromatic carbocycles. The lowest BCUT2D eigenvalue weighted by Crippen LogP contribution is -2.86. The molecule has 0 bridgehead atoms. The molecule has 56 valence electrons. The molecular formula is C6H17BrN2+2. The SMILES string of the molecule is CC(Br)C[NH2+]CCC[NH3+]. The van der Waals surface area contributed by atoms with Gasteiger partial charge in [0.2, 0.25) is 0 Å². The first-order valence-corrected chi connectivity index (χ1v) is 4.44. The molecule has 0 rings (SSSR count). The van der Waals surface area contributed by atoms with E-state index < -0.39 is 0 Å². The maximum Gasteiger partial charge on any atom is 0.0879 e. The van der Waals surface area contributed by atoms with Crippen molar-refractivity contribution in [3.63, 3.8) is 0 Å². The van der Waals surface area contributed by atoms with Crippen LogP contribution in [0.25, 0.3) is 0 Å². The Labute approximate surface area is 65.3 Å². The van der Waals surface area contributed by atoms with Crippen molar-refractivity contribution < 1.29 is 11.1 Å². The van der Waals surface area contributed by atoms with Gasteiger partial charge in [-0.1, -0.05) is 15.9 Å². The lowest BCUT2D eigenvalue weighted by Gasteiger charge is -2.00. The third-order valence-corrected chi connectivity index (χ3v) is 1.52. The minimum Gasteiger partial charge on any atom is -0.357 e. The van der Waals surface area contributed by atoms with Crippen LogP contribution < -0.4 is 11.1 Å². The molecule has 0 heterocycles. The fourth-order valence-corrected chi connectivity index (χ4v) is 0.901. The van der Waals surface area contributed by atoms with Gasteiger partial charge in [-0.2, -0.15) is 0 Å². The quantitative estimate of drug-likeness (QED) is 0.418. The molecule has 0 aliphatic heterocycles. The van der Waals surface area contributed by atoms with Crippen LogP contribution in [0, 0.1) is 0 Å². The minimum absolute atomic E-state index is 0.641. The Bertz CT molecular complexity index is 57.0. The second kappa shape index (κ2) is 6.52. The first kappa shape index (κ1) is 9.40. The number of nitrogens with two attached hydrogens (primary N) is 1. The highest BCUT2D eigenvalue weighted by atomic mass is 79.9. The Kier molecular flexibility index (Phi) is 6.81. The summed E-state index contributed by atoms with van der Waals surface area (Å²) < 4.78 is 0. The molecule has 0 aromatic heterocycles. The van der Waals surface area contributed by atoms with Gasteiger partial charge < -0.3 is 11.1 Å². The van der Waals surface area contributed by atoms with Crippen molar-refractivity contribution in [1.82, 2.24) is 0 Å². The van der Waals surface area contributed by atoms with E-state index in [1.165, 1.54) is 19.5 Å². The maximum atomic E-state index is 3.77. The zero-order chi connectivity index (χ0) is 7.11. The number of halogens is 1. The summed E-state index contributed by atoms with van der Waals surface area (Å²) in [5, 5.41) is 2.32. The van der Waals surface area contributed by atoms with Gasteiger partial charge in [-0.25, -0.2) is 0 Å². The van der Waals surface area contributed by atoms with Gasteiger partial charge >= 0.3 is 0 Å². The molecule has 0 amide bonds. The predicted octanol–water partition coefficient (Wildman–Crippen LogP) is -1.03. The molecule has 1 unspecified atom stereocenters. The van der Waals surface area contributed by atoms with Crippen molar-refractivity contribution in [2.45, 2.75) is 18.2 Å². The number of hydrogen-bond acceptors (Lipinski definition) is 0. The molecule has 2 nitrogen and oxygen atoms in total. The summed E-state index contributed by atoms with van der Waals surface area (Å²) in [7, 11) is 0. The van der Waals surface area contributed by atoms with Gasteiger partial charge in [-0.05, 0) is 6.92 Å². The van der Waals surface area contributed by atoms with Crippen molar-refractivity contribution in [2.75, 3.05) is 19.6 Å². The van der Waals surface area contributed by atoms with E-state index in [-0.39, 0.29) is 0 Å². The van der Waals surface area contributed by atoms with Crippen molar-refractivity contribution in [1.29, 1.82) is 0 Å². The van der Waals surface area contributed by atoms with Crippen LogP contribution in [0.3, 0.4) is 0 Å². The molecular weight excluding hydrogens is 180 g/mol. The fraction of sp³-hybridized carbons (Fsp3) is 1.00. The van der Waals surface area contributed by atoms with Gasteiger partial charge in [-0.3, -0.25) is 0 Å². The monoisotopic (exact) mass is 196 g/mol. The zero-order valence-corrected chi connectivity index (χ0v) is 7.65. The van der Waals surface area contributed by atoms with Crippen molar-refractivity contribution in [2.24, 2.45) is 0 Å². The number of hydrogen-bond donors (Lipinski definition) is 2. The third-order valence-electron chi connectivity index (χ3n) is 1.15. The van der Waals surface area contributed by atoms with Crippen LogP contribution in [0.4, 0.5) is 0 Å². The van der Waals surface area contributed by atoms with Crippen molar-refractivity contribution >= 4 is 15.9 Å². The van der Waals surface area contributed by atoms with Crippen LogP contribution in [-0.4, -0.2) is 24.5 Å². The summed E-state index contributed by atoms with van der Waals surface area (Å²) in [5.74, 6) is 0. The van der Waals surface area contributed by atoms with E-state index in [1.807, 2.05) is 0 Å². The van der Waals surface area contributed by atoms with Crippen molar-refractivity contribution in [3.05, 3.63) is 0 Å². The Morgan fingerprint density at radius 1 is 1.67 bits per heavy atom. The fourth-order valence-electron chi connectivity index (χ4n) is 0.636. The average Bonchev–Trinajstić information content (AvgIpc) is 1.80. The molecule has 0 fully saturated rings. The highest BCUT2D eigenvalue weighted by Crippen LogP contribution is 1.89. The topological polar surface area (TPSA) is 44.2 Å². The summed E-state index contributed by atoms with van der Waals surface area (Å²) in [4.78, 5) is 0.641. The summed E-state index contributed by atoms with van der Waals surface area (Å²) in [6.07, 6.45) is 1.24. The van der Waals surface area contributed by atoms with E-state index in [0.29, 0.717) is 4.83 Å². The maximum absolute atomic E-state index is 3.77. The summed E-state index contributed by atoms with van der Waals surface area (Å²) in [6, 6.07) is 0. The van der Waals surface area contributed by atoms with E-state index in [4.69, 9.17) is 0 Å². The van der Waals surface area contributed by atoms with Gasteiger partial charge in [0, 0.05) is 6.42 Å². The molecule has 0 aliphatic rings. The average molecular weight is 197 g/mol. The molecule has 5 N–H and O–H groups in total. The molecule has 3 heteroatoms. The Morgan fingerprint density at radius 3 is 2.78 bits per heavy atom. The second-order valence-corrected chi connectivity index (χ2v) is 3.86. The Morgan fingerprint density at radius 2 is 2.33 bits per heavy atom. The van der Waals surface area contributed by atoms with Crippen LogP contribution >= 0.6 is 15.9 Å². The van der Waals surface area contributed by atoms with Gasteiger partial charge in [0.05, 0.1) is 24.5 Å². The largest absolute Gasteiger partial charge is 0.357 e. The van der Waals surface area contributed by atoms with E-state index in [0.717, 1.165) is 6.54 Å². The molecule has 0 saturated heterocycles. The standard InChI is InChI=1S/C6H15BrN2/c1-6(7)5-9-4-2-3-8/h6,9H,2-5,8H2,1H3/p+2. The third kappa shape index (κ3) is 8.40. The minimum atomic E-state index is 0.641. The number of alkyl halides is 1. The summed E-state index contributed by atoms with van der Waals surface area (Å²) in [5.41, 5.74) is 3.77. The summed E-state index contributed by atoms with van der Waals surface area (Å²) in [6.45, 7) is 5.63. The lowest BCUT2D eigenvalue weighted by atomic mass is 10.4. The van der Waals surface area contributed by atoms with Gasteiger partial charge in [0.1, 0.15) is 0 Å². The zero-order valence-electron chi connectivity index (χ0n) is 6.07. The first-order valence-electron chi connectivity index (χ1n) is 3.52. The van der Waals surface area contributed by atoms with E-state index in [1.54, 1.807) is 0 Å². The lowest BCUT2D eigenvalue weighted by molar-refractivity contribution is -0.655. The Hall–Kier alpha value is 0.400. The number of quaternary nitrogens is 2. The highest BCUT2D eigenvalue weighted by Gasteiger charge is 1.96. The molecule has 0 aliphatic carbocycles.